The van der Waals surface area contributed by atoms with Crippen molar-refractivity contribution in [1.82, 2.24) is 0 Å². The molecule has 0 N–H and O–H groups in total. The van der Waals surface area contributed by atoms with E-state index in [-0.39, 0.29) is 0 Å². The Kier molecular flexibility index (Phi) is 2.51. The topological polar surface area (TPSA) is 21.8 Å². The van der Waals surface area contributed by atoms with Gasteiger partial charge in [0.15, 0.2) is 0 Å². The Bertz CT molecular complexity index is 145. The fraction of sp³-hybridized carbons (Fsp3) is 0.500. The molecule has 1 aliphatic rings. The second-order valence-corrected chi connectivity index (χ2v) is 2.23. The molecule has 2 heteroatoms. The first-order valence-corrected chi connectivity index (χ1v) is 3.39. The Morgan fingerprint density at radius 3 is 3.10 bits per heavy atom. The number of hydrogen-bond donors (Lipinski definition) is 0. The van der Waals surface area contributed by atoms with Crippen LogP contribution in [0, 0.1) is 0 Å². The lowest BCUT2D eigenvalue weighted by Crippen LogP contribution is -1.98. The average molecular weight is 140 g/mol. The molecule has 1 fully saturated rings. The van der Waals surface area contributed by atoms with Crippen molar-refractivity contribution in [2.75, 3.05) is 13.2 Å². The van der Waals surface area contributed by atoms with E-state index in [1.807, 2.05) is 19.1 Å². The highest BCUT2D eigenvalue weighted by molar-refractivity contribution is 5.05. The van der Waals surface area contributed by atoms with Crippen LogP contribution in [0.15, 0.2) is 24.5 Å². The molecular formula is C8H12O2. The molecule has 1 aliphatic heterocycles. The summed E-state index contributed by atoms with van der Waals surface area (Å²) in [7, 11) is 0. The Hall–Kier alpha value is -0.760. The van der Waals surface area contributed by atoms with Gasteiger partial charge in [0.25, 0.3) is 0 Å². The molecule has 1 atom stereocenters. The maximum Gasteiger partial charge on any atom is 0.117 e. The summed E-state index contributed by atoms with van der Waals surface area (Å²) in [5.74, 6) is 0.706. The third-order valence-electron chi connectivity index (χ3n) is 1.21. The van der Waals surface area contributed by atoms with Gasteiger partial charge in [-0.3, -0.25) is 0 Å². The van der Waals surface area contributed by atoms with Crippen molar-refractivity contribution in [3.63, 3.8) is 0 Å². The van der Waals surface area contributed by atoms with Crippen LogP contribution in [0.25, 0.3) is 0 Å². The molecule has 0 aromatic carbocycles. The zero-order chi connectivity index (χ0) is 7.40. The van der Waals surface area contributed by atoms with Crippen LogP contribution < -0.4 is 0 Å². The van der Waals surface area contributed by atoms with Gasteiger partial charge < -0.3 is 9.47 Å². The zero-order valence-electron chi connectivity index (χ0n) is 6.17. The Morgan fingerprint density at radius 2 is 2.60 bits per heavy atom. The molecular weight excluding hydrogens is 128 g/mol. The molecule has 0 saturated carbocycles. The lowest BCUT2D eigenvalue weighted by atomic mass is 10.4. The van der Waals surface area contributed by atoms with Gasteiger partial charge >= 0.3 is 0 Å². The van der Waals surface area contributed by atoms with E-state index in [2.05, 4.69) is 6.58 Å². The SMILES string of the molecule is C=C(/C=C\C)OCC1CO1. The summed E-state index contributed by atoms with van der Waals surface area (Å²) in [5.41, 5.74) is 0. The Labute approximate surface area is 61.1 Å². The summed E-state index contributed by atoms with van der Waals surface area (Å²) in [6, 6.07) is 0. The van der Waals surface area contributed by atoms with Gasteiger partial charge in [-0.25, -0.2) is 0 Å². The van der Waals surface area contributed by atoms with Crippen LogP contribution in [-0.4, -0.2) is 19.3 Å². The second kappa shape index (κ2) is 3.42. The molecule has 0 bridgehead atoms. The summed E-state index contributed by atoms with van der Waals surface area (Å²) in [6.45, 7) is 7.09. The van der Waals surface area contributed by atoms with Crippen molar-refractivity contribution in [2.24, 2.45) is 0 Å². The first-order valence-electron chi connectivity index (χ1n) is 3.39. The maximum absolute atomic E-state index is 5.20. The molecule has 10 heavy (non-hydrogen) atoms. The fourth-order valence-corrected chi connectivity index (χ4v) is 0.598. The Balaban J connectivity index is 2.05. The molecule has 1 unspecified atom stereocenters. The highest BCUT2D eigenvalue weighted by atomic mass is 16.6. The number of rotatable bonds is 4. The van der Waals surface area contributed by atoms with Crippen molar-refractivity contribution in [3.8, 4) is 0 Å². The molecule has 0 aliphatic carbocycles. The largest absolute Gasteiger partial charge is 0.491 e. The standard InChI is InChI=1S/C8H12O2/c1-3-4-7(2)9-5-8-6-10-8/h3-4,8H,2,5-6H2,1H3/b4-3-. The van der Waals surface area contributed by atoms with E-state index in [1.54, 1.807) is 0 Å². The minimum Gasteiger partial charge on any atom is -0.491 e. The van der Waals surface area contributed by atoms with E-state index in [4.69, 9.17) is 9.47 Å². The molecule has 0 spiro atoms. The van der Waals surface area contributed by atoms with Crippen LogP contribution in [0.3, 0.4) is 0 Å². The first-order chi connectivity index (χ1) is 4.83. The van der Waals surface area contributed by atoms with E-state index >= 15 is 0 Å². The monoisotopic (exact) mass is 140 g/mol. The first kappa shape index (κ1) is 7.35. The molecule has 2 nitrogen and oxygen atoms in total. The van der Waals surface area contributed by atoms with Crippen molar-refractivity contribution in [2.45, 2.75) is 13.0 Å². The smallest absolute Gasteiger partial charge is 0.117 e. The molecule has 0 amide bonds. The highest BCUT2D eigenvalue weighted by Gasteiger charge is 2.22. The summed E-state index contributed by atoms with van der Waals surface area (Å²) in [4.78, 5) is 0. The van der Waals surface area contributed by atoms with E-state index in [9.17, 15) is 0 Å². The van der Waals surface area contributed by atoms with Gasteiger partial charge in [-0.1, -0.05) is 12.7 Å². The normalized spacial score (nSPS) is 23.1. The minimum absolute atomic E-state index is 0.321. The number of allylic oxidation sites excluding steroid dienone is 2. The number of hydrogen-bond acceptors (Lipinski definition) is 2. The van der Waals surface area contributed by atoms with E-state index in [1.165, 1.54) is 0 Å². The quantitative estimate of drug-likeness (QED) is 0.335. The van der Waals surface area contributed by atoms with E-state index in [0.717, 1.165) is 6.61 Å². The number of epoxide rings is 1. The highest BCUT2D eigenvalue weighted by Crippen LogP contribution is 2.10. The maximum atomic E-state index is 5.20. The molecule has 1 saturated heterocycles. The third-order valence-corrected chi connectivity index (χ3v) is 1.21. The third kappa shape index (κ3) is 2.69. The summed E-state index contributed by atoms with van der Waals surface area (Å²) >= 11 is 0. The summed E-state index contributed by atoms with van der Waals surface area (Å²) < 4.78 is 10.1. The molecule has 1 heterocycles. The van der Waals surface area contributed by atoms with Crippen LogP contribution in [-0.2, 0) is 9.47 Å². The van der Waals surface area contributed by atoms with Crippen LogP contribution in [0.5, 0.6) is 0 Å². The molecule has 0 aromatic rings. The van der Waals surface area contributed by atoms with E-state index in [0.29, 0.717) is 18.5 Å². The van der Waals surface area contributed by atoms with Gasteiger partial charge in [-0.15, -0.1) is 0 Å². The van der Waals surface area contributed by atoms with Crippen LogP contribution >= 0.6 is 0 Å². The minimum atomic E-state index is 0.321. The van der Waals surface area contributed by atoms with Crippen LogP contribution in [0.2, 0.25) is 0 Å². The van der Waals surface area contributed by atoms with Crippen LogP contribution in [0.4, 0.5) is 0 Å². The van der Waals surface area contributed by atoms with Gasteiger partial charge in [-0.05, 0) is 13.0 Å². The number of ether oxygens (including phenoxy) is 2. The van der Waals surface area contributed by atoms with E-state index < -0.39 is 0 Å². The van der Waals surface area contributed by atoms with Gasteiger partial charge in [-0.2, -0.15) is 0 Å². The fourth-order valence-electron chi connectivity index (χ4n) is 0.598. The van der Waals surface area contributed by atoms with Crippen molar-refractivity contribution < 1.29 is 9.47 Å². The molecule has 56 valence electrons. The van der Waals surface area contributed by atoms with Crippen molar-refractivity contribution in [3.05, 3.63) is 24.5 Å². The predicted octanol–water partition coefficient (Wildman–Crippen LogP) is 1.49. The van der Waals surface area contributed by atoms with Gasteiger partial charge in [0.1, 0.15) is 18.5 Å². The van der Waals surface area contributed by atoms with Gasteiger partial charge in [0, 0.05) is 0 Å². The average Bonchev–Trinajstić information content (AvgIpc) is 2.67. The van der Waals surface area contributed by atoms with Crippen LogP contribution in [0.1, 0.15) is 6.92 Å². The molecule has 0 radical (unpaired) electrons. The van der Waals surface area contributed by atoms with Gasteiger partial charge in [0.05, 0.1) is 6.61 Å². The molecule has 1 rings (SSSR count). The molecule has 0 aromatic heterocycles. The lowest BCUT2D eigenvalue weighted by Gasteiger charge is -2.00. The summed E-state index contributed by atoms with van der Waals surface area (Å²) in [6.07, 6.45) is 4.06. The van der Waals surface area contributed by atoms with Crippen molar-refractivity contribution in [1.29, 1.82) is 0 Å². The van der Waals surface area contributed by atoms with Crippen molar-refractivity contribution >= 4 is 0 Å². The van der Waals surface area contributed by atoms with Gasteiger partial charge in [0.2, 0.25) is 0 Å². The zero-order valence-corrected chi connectivity index (χ0v) is 6.17. The lowest BCUT2D eigenvalue weighted by molar-refractivity contribution is 0.194. The second-order valence-electron chi connectivity index (χ2n) is 2.23. The predicted molar refractivity (Wildman–Crippen MR) is 39.6 cm³/mol. The Morgan fingerprint density at radius 1 is 1.90 bits per heavy atom. The summed E-state index contributed by atoms with van der Waals surface area (Å²) in [5, 5.41) is 0.